The maximum Gasteiger partial charge on any atom is 0.573 e. The van der Waals surface area contributed by atoms with E-state index < -0.39 is 23.9 Å². The van der Waals surface area contributed by atoms with Crippen LogP contribution < -0.4 is 4.74 Å². The zero-order valence-corrected chi connectivity index (χ0v) is 19.0. The second-order valence-corrected chi connectivity index (χ2v) is 7.66. The van der Waals surface area contributed by atoms with E-state index in [-0.39, 0.29) is 30.4 Å². The molecule has 3 rings (SSSR count). The summed E-state index contributed by atoms with van der Waals surface area (Å²) in [6.45, 7) is 5.52. The van der Waals surface area contributed by atoms with Gasteiger partial charge in [-0.2, -0.15) is 0 Å². The fourth-order valence-corrected chi connectivity index (χ4v) is 3.62. The molecule has 3 aromatic rings. The van der Waals surface area contributed by atoms with Crippen molar-refractivity contribution in [3.8, 4) is 11.4 Å². The lowest BCUT2D eigenvalue weighted by molar-refractivity contribution is -0.274. The van der Waals surface area contributed by atoms with Crippen LogP contribution in [-0.2, 0) is 22.5 Å². The van der Waals surface area contributed by atoms with Crippen LogP contribution in [0.3, 0.4) is 0 Å². The van der Waals surface area contributed by atoms with E-state index in [0.717, 1.165) is 11.6 Å². The molecule has 1 heterocycles. The van der Waals surface area contributed by atoms with Crippen molar-refractivity contribution in [3.05, 3.63) is 82.9 Å². The van der Waals surface area contributed by atoms with Crippen LogP contribution >= 0.6 is 0 Å². The van der Waals surface area contributed by atoms with Crippen molar-refractivity contribution in [2.45, 2.75) is 46.3 Å². The minimum atomic E-state index is -5.03. The van der Waals surface area contributed by atoms with E-state index in [0.29, 0.717) is 24.1 Å². The highest BCUT2D eigenvalue weighted by Crippen LogP contribution is 2.33. The summed E-state index contributed by atoms with van der Waals surface area (Å²) in [6.07, 6.45) is -5.12. The molecule has 0 saturated carbocycles. The Morgan fingerprint density at radius 2 is 1.79 bits per heavy atom. The summed E-state index contributed by atoms with van der Waals surface area (Å²) in [6, 6.07) is 13.9. The summed E-state index contributed by atoms with van der Waals surface area (Å²) in [7, 11) is 0. The second kappa shape index (κ2) is 10.7. The minimum absolute atomic E-state index is 0.0583. The molecule has 5 nitrogen and oxygen atoms in total. The summed E-state index contributed by atoms with van der Waals surface area (Å²) in [4.78, 5) is 12.5. The van der Waals surface area contributed by atoms with Gasteiger partial charge >= 0.3 is 12.3 Å². The molecular formula is C25H25F4NO4. The quantitative estimate of drug-likeness (QED) is 0.273. The molecule has 0 N–H and O–H groups in total. The normalized spacial score (nSPS) is 12.4. The molecule has 2 aromatic carbocycles. The number of carbonyl (C=O) groups is 1. The summed E-state index contributed by atoms with van der Waals surface area (Å²) in [5.74, 6) is -2.22. The molecule has 0 aliphatic rings. The zero-order valence-electron chi connectivity index (χ0n) is 19.0. The Labute approximate surface area is 194 Å². The van der Waals surface area contributed by atoms with E-state index in [9.17, 15) is 22.4 Å². The predicted octanol–water partition coefficient (Wildman–Crippen LogP) is 6.15. The van der Waals surface area contributed by atoms with Gasteiger partial charge in [-0.15, -0.1) is 13.2 Å². The number of rotatable bonds is 9. The van der Waals surface area contributed by atoms with Gasteiger partial charge in [0.05, 0.1) is 30.6 Å². The number of hydrogen-bond acceptors (Lipinski definition) is 4. The molecule has 34 heavy (non-hydrogen) atoms. The Morgan fingerprint density at radius 1 is 1.09 bits per heavy atom. The van der Waals surface area contributed by atoms with Gasteiger partial charge in [-0.3, -0.25) is 0 Å². The molecule has 0 spiro atoms. The Morgan fingerprint density at radius 3 is 2.44 bits per heavy atom. The van der Waals surface area contributed by atoms with Crippen LogP contribution in [0.5, 0.6) is 5.75 Å². The highest BCUT2D eigenvalue weighted by Gasteiger charge is 2.33. The van der Waals surface area contributed by atoms with Crippen LogP contribution in [0, 0.1) is 12.7 Å². The maximum absolute atomic E-state index is 13.8. The van der Waals surface area contributed by atoms with E-state index in [1.54, 1.807) is 19.9 Å². The SMILES string of the molecule is CCOC(=O)c1cc(C[C@H](C)OCc2ccccc2)n(-c2ccc(F)cc2OC(F)(F)F)c1C. The van der Waals surface area contributed by atoms with Crippen LogP contribution in [-0.4, -0.2) is 29.6 Å². The molecule has 1 aromatic heterocycles. The molecule has 0 radical (unpaired) electrons. The van der Waals surface area contributed by atoms with Crippen molar-refractivity contribution in [2.24, 2.45) is 0 Å². The number of carbonyl (C=O) groups excluding carboxylic acids is 1. The van der Waals surface area contributed by atoms with Crippen molar-refractivity contribution in [3.63, 3.8) is 0 Å². The Hall–Kier alpha value is -3.33. The van der Waals surface area contributed by atoms with Gasteiger partial charge in [-0.1, -0.05) is 30.3 Å². The summed E-state index contributed by atoms with van der Waals surface area (Å²) in [5.41, 5.74) is 1.92. The topological polar surface area (TPSA) is 49.7 Å². The molecule has 182 valence electrons. The third-order valence-electron chi connectivity index (χ3n) is 5.08. The molecule has 0 amide bonds. The number of nitrogens with zero attached hydrogens (tertiary/aromatic N) is 1. The van der Waals surface area contributed by atoms with Crippen LogP contribution in [0.25, 0.3) is 5.69 Å². The lowest BCUT2D eigenvalue weighted by Gasteiger charge is -2.19. The van der Waals surface area contributed by atoms with Gasteiger partial charge in [0.1, 0.15) is 5.82 Å². The first-order valence-electron chi connectivity index (χ1n) is 10.7. The van der Waals surface area contributed by atoms with Gasteiger partial charge in [0.2, 0.25) is 0 Å². The van der Waals surface area contributed by atoms with Crippen LogP contribution in [0.15, 0.2) is 54.6 Å². The van der Waals surface area contributed by atoms with E-state index in [1.165, 1.54) is 10.6 Å². The third-order valence-corrected chi connectivity index (χ3v) is 5.08. The Balaban J connectivity index is 2.00. The van der Waals surface area contributed by atoms with Gasteiger partial charge in [-0.25, -0.2) is 9.18 Å². The highest BCUT2D eigenvalue weighted by molar-refractivity contribution is 5.91. The predicted molar refractivity (Wildman–Crippen MR) is 118 cm³/mol. The largest absolute Gasteiger partial charge is 0.573 e. The molecule has 0 aliphatic carbocycles. The van der Waals surface area contributed by atoms with Gasteiger partial charge in [-0.05, 0) is 44.5 Å². The summed E-state index contributed by atoms with van der Waals surface area (Å²) >= 11 is 0. The number of hydrogen-bond donors (Lipinski definition) is 0. The molecule has 0 bridgehead atoms. The number of alkyl halides is 3. The monoisotopic (exact) mass is 479 g/mol. The molecule has 0 fully saturated rings. The van der Waals surface area contributed by atoms with E-state index in [1.807, 2.05) is 37.3 Å². The van der Waals surface area contributed by atoms with Gasteiger partial charge in [0.25, 0.3) is 0 Å². The zero-order chi connectivity index (χ0) is 24.9. The Bertz CT molecular complexity index is 1130. The van der Waals surface area contributed by atoms with Crippen molar-refractivity contribution in [1.82, 2.24) is 4.57 Å². The van der Waals surface area contributed by atoms with Crippen molar-refractivity contribution in [2.75, 3.05) is 6.61 Å². The van der Waals surface area contributed by atoms with Crippen LogP contribution in [0.1, 0.15) is 41.2 Å². The molecule has 0 aliphatic heterocycles. The van der Waals surface area contributed by atoms with E-state index in [2.05, 4.69) is 4.74 Å². The molecule has 0 unspecified atom stereocenters. The van der Waals surface area contributed by atoms with Crippen molar-refractivity contribution in [1.29, 1.82) is 0 Å². The Kier molecular flexibility index (Phi) is 7.98. The van der Waals surface area contributed by atoms with Crippen molar-refractivity contribution >= 4 is 5.97 Å². The van der Waals surface area contributed by atoms with Gasteiger partial charge in [0.15, 0.2) is 5.75 Å². The number of aromatic nitrogens is 1. The van der Waals surface area contributed by atoms with Crippen LogP contribution in [0.2, 0.25) is 0 Å². The average Bonchev–Trinajstić information content (AvgIpc) is 3.08. The fourth-order valence-electron chi connectivity index (χ4n) is 3.62. The number of benzene rings is 2. The lowest BCUT2D eigenvalue weighted by Crippen LogP contribution is -2.20. The summed E-state index contributed by atoms with van der Waals surface area (Å²) in [5, 5.41) is 0. The van der Waals surface area contributed by atoms with Gasteiger partial charge in [0, 0.05) is 23.9 Å². The maximum atomic E-state index is 13.8. The summed E-state index contributed by atoms with van der Waals surface area (Å²) < 4.78 is 69.4. The second-order valence-electron chi connectivity index (χ2n) is 7.66. The molecule has 0 saturated heterocycles. The number of ether oxygens (including phenoxy) is 3. The van der Waals surface area contributed by atoms with E-state index in [4.69, 9.17) is 9.47 Å². The first-order chi connectivity index (χ1) is 16.1. The minimum Gasteiger partial charge on any atom is -0.462 e. The standard InChI is InChI=1S/C25H25F4NO4/c1-4-32-24(31)21-14-20(12-16(2)33-15-18-8-6-5-7-9-18)30(17(21)3)22-11-10-19(26)13-23(22)34-25(27,28)29/h5-11,13-14,16H,4,12,15H2,1-3H3/t16-/m0/s1. The molecular weight excluding hydrogens is 454 g/mol. The fraction of sp³-hybridized carbons (Fsp3) is 0.320. The van der Waals surface area contributed by atoms with Crippen molar-refractivity contribution < 1.29 is 36.6 Å². The third kappa shape index (κ3) is 6.38. The van der Waals surface area contributed by atoms with Crippen LogP contribution in [0.4, 0.5) is 17.6 Å². The average molecular weight is 479 g/mol. The number of halogens is 4. The smallest absolute Gasteiger partial charge is 0.462 e. The highest BCUT2D eigenvalue weighted by atomic mass is 19.4. The van der Waals surface area contributed by atoms with E-state index >= 15 is 0 Å². The lowest BCUT2D eigenvalue weighted by atomic mass is 10.2. The van der Waals surface area contributed by atoms with Gasteiger partial charge < -0.3 is 18.8 Å². The first-order valence-corrected chi connectivity index (χ1v) is 10.7. The molecule has 9 heteroatoms. The first kappa shape index (κ1) is 25.3. The number of esters is 1. The molecule has 1 atom stereocenters.